The number of hydrogen-bond donors (Lipinski definition) is 0. The van der Waals surface area contributed by atoms with Crippen LogP contribution in [0.15, 0.2) is 24.4 Å². The number of carbonyl (C=O) groups excluding carboxylic acids is 1. The van der Waals surface area contributed by atoms with Crippen molar-refractivity contribution >= 4 is 16.1 Å². The molecule has 8 heteroatoms. The first kappa shape index (κ1) is 15.3. The predicted molar refractivity (Wildman–Crippen MR) is 72.7 cm³/mol. The van der Waals surface area contributed by atoms with Crippen LogP contribution in [0.5, 0.6) is 0 Å². The van der Waals surface area contributed by atoms with E-state index in [1.165, 1.54) is 16.9 Å². The van der Waals surface area contributed by atoms with Crippen LogP contribution in [-0.4, -0.2) is 36.5 Å². The summed E-state index contributed by atoms with van der Waals surface area (Å²) in [4.78, 5) is 11.0. The van der Waals surface area contributed by atoms with Crippen LogP contribution in [0.4, 0.5) is 8.78 Å². The van der Waals surface area contributed by atoms with Crippen LogP contribution < -0.4 is 0 Å². The lowest BCUT2D eigenvalue weighted by molar-refractivity contribution is 0.112. The fourth-order valence-electron chi connectivity index (χ4n) is 1.82. The molecule has 1 heterocycles. The minimum atomic E-state index is -3.21. The van der Waals surface area contributed by atoms with E-state index in [9.17, 15) is 22.0 Å². The summed E-state index contributed by atoms with van der Waals surface area (Å²) >= 11 is 0. The quantitative estimate of drug-likeness (QED) is 0.788. The van der Waals surface area contributed by atoms with Crippen molar-refractivity contribution in [1.82, 2.24) is 9.78 Å². The molecule has 21 heavy (non-hydrogen) atoms. The van der Waals surface area contributed by atoms with Gasteiger partial charge in [-0.15, -0.1) is 0 Å². The largest absolute Gasteiger partial charge is 0.298 e. The normalized spacial score (nSPS) is 11.6. The molecule has 2 aromatic rings. The minimum Gasteiger partial charge on any atom is -0.298 e. The number of halogens is 2. The van der Waals surface area contributed by atoms with E-state index in [2.05, 4.69) is 5.10 Å². The van der Waals surface area contributed by atoms with Gasteiger partial charge in [-0.1, -0.05) is 6.07 Å². The van der Waals surface area contributed by atoms with Crippen molar-refractivity contribution in [3.63, 3.8) is 0 Å². The number of hydrogen-bond acceptors (Lipinski definition) is 4. The Kier molecular flexibility index (Phi) is 4.17. The summed E-state index contributed by atoms with van der Waals surface area (Å²) in [5.41, 5.74) is -0.556. The zero-order valence-electron chi connectivity index (χ0n) is 11.1. The lowest BCUT2D eigenvalue weighted by Crippen LogP contribution is -2.11. The highest BCUT2D eigenvalue weighted by atomic mass is 32.2. The summed E-state index contributed by atoms with van der Waals surface area (Å²) in [6.45, 7) is -0.00422. The predicted octanol–water partition coefficient (Wildman–Crippen LogP) is 1.69. The first-order valence-electron chi connectivity index (χ1n) is 5.96. The molecule has 0 aliphatic rings. The number of nitrogens with zero attached hydrogens (tertiary/aromatic N) is 2. The van der Waals surface area contributed by atoms with Crippen LogP contribution in [0.25, 0.3) is 11.3 Å². The lowest BCUT2D eigenvalue weighted by Gasteiger charge is -2.02. The van der Waals surface area contributed by atoms with Gasteiger partial charge in [0, 0.05) is 12.5 Å². The number of aryl methyl sites for hydroxylation is 1. The van der Waals surface area contributed by atoms with Crippen LogP contribution in [0.2, 0.25) is 0 Å². The van der Waals surface area contributed by atoms with E-state index in [1.807, 2.05) is 0 Å². The van der Waals surface area contributed by atoms with Gasteiger partial charge in [-0.05, 0) is 12.1 Å². The molecule has 1 aromatic carbocycles. The second-order valence-corrected chi connectivity index (χ2v) is 6.80. The summed E-state index contributed by atoms with van der Waals surface area (Å²) in [5, 5.41) is 3.92. The van der Waals surface area contributed by atoms with E-state index in [1.54, 1.807) is 0 Å². The van der Waals surface area contributed by atoms with Crippen molar-refractivity contribution in [3.8, 4) is 11.3 Å². The Morgan fingerprint density at radius 2 is 1.90 bits per heavy atom. The van der Waals surface area contributed by atoms with E-state index in [4.69, 9.17) is 0 Å². The van der Waals surface area contributed by atoms with Crippen LogP contribution in [0.1, 0.15) is 10.4 Å². The Labute approximate surface area is 120 Å². The van der Waals surface area contributed by atoms with Gasteiger partial charge in [-0.3, -0.25) is 9.48 Å². The van der Waals surface area contributed by atoms with E-state index in [-0.39, 0.29) is 23.6 Å². The molecule has 0 amide bonds. The Balaban J connectivity index is 2.45. The molecule has 0 N–H and O–H groups in total. The number of aldehydes is 1. The molecule has 0 unspecified atom stereocenters. The molecular formula is C13H12F2N2O3S. The van der Waals surface area contributed by atoms with E-state index >= 15 is 0 Å². The zero-order chi connectivity index (χ0) is 15.6. The molecule has 0 spiro atoms. The molecule has 2 rings (SSSR count). The molecule has 0 atom stereocenters. The lowest BCUT2D eigenvalue weighted by atomic mass is 10.1. The molecule has 0 aliphatic heterocycles. The van der Waals surface area contributed by atoms with Gasteiger partial charge in [0.05, 0.1) is 23.4 Å². The van der Waals surface area contributed by atoms with Crippen LogP contribution in [-0.2, 0) is 16.4 Å². The van der Waals surface area contributed by atoms with Crippen molar-refractivity contribution in [3.05, 3.63) is 41.6 Å². The van der Waals surface area contributed by atoms with Gasteiger partial charge >= 0.3 is 0 Å². The Morgan fingerprint density at radius 1 is 1.29 bits per heavy atom. The van der Waals surface area contributed by atoms with Gasteiger partial charge in [0.1, 0.15) is 27.2 Å². The SMILES string of the molecule is CS(=O)(=O)CCn1cc(C=O)c(-c2c(F)cccc2F)n1. The van der Waals surface area contributed by atoms with Gasteiger partial charge in [-0.25, -0.2) is 17.2 Å². The highest BCUT2D eigenvalue weighted by Crippen LogP contribution is 2.26. The average Bonchev–Trinajstić information content (AvgIpc) is 2.78. The van der Waals surface area contributed by atoms with Crippen molar-refractivity contribution in [2.45, 2.75) is 6.54 Å². The number of rotatable bonds is 5. The zero-order valence-corrected chi connectivity index (χ0v) is 11.9. The average molecular weight is 314 g/mol. The van der Waals surface area contributed by atoms with Gasteiger partial charge in [0.2, 0.25) is 0 Å². The first-order chi connectivity index (χ1) is 9.81. The molecule has 112 valence electrons. The number of aromatic nitrogens is 2. The van der Waals surface area contributed by atoms with Crippen LogP contribution in [0.3, 0.4) is 0 Å². The molecule has 0 saturated carbocycles. The molecule has 0 radical (unpaired) electrons. The Hall–Kier alpha value is -2.09. The first-order valence-corrected chi connectivity index (χ1v) is 8.02. The highest BCUT2D eigenvalue weighted by molar-refractivity contribution is 7.90. The third kappa shape index (κ3) is 3.52. The fourth-order valence-corrected chi connectivity index (χ4v) is 2.33. The van der Waals surface area contributed by atoms with Crippen molar-refractivity contribution in [2.75, 3.05) is 12.0 Å². The second kappa shape index (κ2) is 5.72. The summed E-state index contributed by atoms with van der Waals surface area (Å²) in [6.07, 6.45) is 2.75. The van der Waals surface area contributed by atoms with Gasteiger partial charge < -0.3 is 0 Å². The van der Waals surface area contributed by atoms with Gasteiger partial charge in [0.25, 0.3) is 0 Å². The molecule has 1 aromatic heterocycles. The summed E-state index contributed by atoms with van der Waals surface area (Å²) < 4.78 is 50.9. The van der Waals surface area contributed by atoms with E-state index in [0.717, 1.165) is 18.4 Å². The Bertz CT molecular complexity index is 764. The van der Waals surface area contributed by atoms with Crippen LogP contribution >= 0.6 is 0 Å². The molecule has 0 fully saturated rings. The minimum absolute atomic E-state index is 0.00422. The van der Waals surface area contributed by atoms with Crippen molar-refractivity contribution < 1.29 is 22.0 Å². The van der Waals surface area contributed by atoms with E-state index in [0.29, 0.717) is 6.29 Å². The van der Waals surface area contributed by atoms with Crippen molar-refractivity contribution in [2.24, 2.45) is 0 Å². The van der Waals surface area contributed by atoms with Gasteiger partial charge in [-0.2, -0.15) is 5.10 Å². The van der Waals surface area contributed by atoms with Crippen LogP contribution in [0, 0.1) is 11.6 Å². The fraction of sp³-hybridized carbons (Fsp3) is 0.231. The maximum absolute atomic E-state index is 13.7. The maximum atomic E-state index is 13.7. The second-order valence-electron chi connectivity index (χ2n) is 4.54. The van der Waals surface area contributed by atoms with E-state index < -0.39 is 27.0 Å². The molecule has 0 saturated heterocycles. The topological polar surface area (TPSA) is 69.0 Å². The summed E-state index contributed by atoms with van der Waals surface area (Å²) in [7, 11) is -3.21. The number of carbonyl (C=O) groups is 1. The third-order valence-corrected chi connectivity index (χ3v) is 3.73. The molecular weight excluding hydrogens is 302 g/mol. The molecule has 5 nitrogen and oxygen atoms in total. The highest BCUT2D eigenvalue weighted by Gasteiger charge is 2.19. The number of benzene rings is 1. The summed E-state index contributed by atoms with van der Waals surface area (Å²) in [5.74, 6) is -1.87. The number of sulfone groups is 1. The molecule has 0 aliphatic carbocycles. The third-order valence-electron chi connectivity index (χ3n) is 2.81. The standard InChI is InChI=1S/C13H12F2N2O3S/c1-21(19,20)6-5-17-7-9(8-18)13(16-17)12-10(14)3-2-4-11(12)15/h2-4,7-8H,5-6H2,1H3. The van der Waals surface area contributed by atoms with Crippen molar-refractivity contribution in [1.29, 1.82) is 0 Å². The Morgan fingerprint density at radius 3 is 2.43 bits per heavy atom. The smallest absolute Gasteiger partial charge is 0.153 e. The summed E-state index contributed by atoms with van der Waals surface area (Å²) in [6, 6.07) is 3.32. The maximum Gasteiger partial charge on any atom is 0.153 e. The molecule has 0 bridgehead atoms. The van der Waals surface area contributed by atoms with Gasteiger partial charge in [0.15, 0.2) is 6.29 Å². The monoisotopic (exact) mass is 314 g/mol.